The third-order valence-corrected chi connectivity index (χ3v) is 16.2. The second-order valence-electron chi connectivity index (χ2n) is 26.9. The van der Waals surface area contributed by atoms with Crippen LogP contribution in [0.2, 0.25) is 0 Å². The Morgan fingerprint density at radius 3 is 1.62 bits per heavy atom. The first-order chi connectivity index (χ1) is 40.5. The number of hydrogen-bond acceptors (Lipinski definition) is 12. The smallest absolute Gasteiger partial charge is 0.246 e. The van der Waals surface area contributed by atoms with Gasteiger partial charge in [-0.2, -0.15) is 0 Å². The molecule has 6 atom stereocenters. The normalized spacial score (nSPS) is 16.7. The maximum atomic E-state index is 14.5. The first-order valence-corrected chi connectivity index (χ1v) is 32.9. The predicted octanol–water partition coefficient (Wildman–Crippen LogP) is 5.37. The van der Waals surface area contributed by atoms with Gasteiger partial charge in [-0.25, -0.2) is 0 Å². The summed E-state index contributed by atoms with van der Waals surface area (Å²) in [4.78, 5) is 141. The summed E-state index contributed by atoms with van der Waals surface area (Å²) >= 11 is 0. The van der Waals surface area contributed by atoms with E-state index in [-0.39, 0.29) is 80.4 Å². The Kier molecular flexibility index (Phi) is 35.2. The fourth-order valence-corrected chi connectivity index (χ4v) is 11.0. The van der Waals surface area contributed by atoms with Gasteiger partial charge < -0.3 is 63.2 Å². The van der Waals surface area contributed by atoms with Gasteiger partial charge in [-0.05, 0) is 111 Å². The van der Waals surface area contributed by atoms with Gasteiger partial charge >= 0.3 is 0 Å². The van der Waals surface area contributed by atoms with Crippen LogP contribution in [0, 0.1) is 17.8 Å². The number of aliphatic hydroxyl groups is 1. The van der Waals surface area contributed by atoms with Crippen molar-refractivity contribution in [2.75, 3.05) is 32.8 Å². The summed E-state index contributed by atoms with van der Waals surface area (Å²) < 4.78 is 0. The molecule has 22 heteroatoms. The molecular formula is C64H117N11O11. The Hall–Kier alpha value is -5.38. The molecule has 0 spiro atoms. The SMILES string of the molecule is CCCCCCCC[C@H](NC(=O)C(C)(C)NC(=O)C(C)(C)NC(=O)[C@H](CC1CCCCC1)NC(=O)[C@@H]1CCCN1C(=O)CCCCCCC)C(=O)N[C@@H](CC(C)C)C(=O)NC(C)(C)C(=O)N[C@@H](CC(C)C)C(=O)NCCC(=O)N[C@@H](C)CNCCO. The van der Waals surface area contributed by atoms with Crippen LogP contribution in [0.3, 0.4) is 0 Å². The number of unbranched alkanes of at least 4 members (excludes halogenated alkanes) is 9. The van der Waals surface area contributed by atoms with Crippen molar-refractivity contribution in [2.45, 2.75) is 297 Å². The molecule has 1 saturated carbocycles. The first-order valence-electron chi connectivity index (χ1n) is 32.9. The van der Waals surface area contributed by atoms with Crippen LogP contribution >= 0.6 is 0 Å². The molecule has 0 aromatic carbocycles. The summed E-state index contributed by atoms with van der Waals surface area (Å²) in [6.45, 7) is 23.9. The quantitative estimate of drug-likeness (QED) is 0.0344. The van der Waals surface area contributed by atoms with Crippen molar-refractivity contribution in [3.05, 3.63) is 0 Å². The largest absolute Gasteiger partial charge is 0.395 e. The summed E-state index contributed by atoms with van der Waals surface area (Å²) in [6.07, 6.45) is 17.8. The van der Waals surface area contributed by atoms with Crippen LogP contribution in [0.25, 0.3) is 0 Å². The van der Waals surface area contributed by atoms with Gasteiger partial charge in [-0.3, -0.25) is 47.9 Å². The monoisotopic (exact) mass is 1220 g/mol. The summed E-state index contributed by atoms with van der Waals surface area (Å²) in [7, 11) is 0. The molecule has 1 aliphatic heterocycles. The van der Waals surface area contributed by atoms with Gasteiger partial charge in [0, 0.05) is 45.1 Å². The number of carbonyl (C=O) groups is 10. The molecule has 22 nitrogen and oxygen atoms in total. The number of amides is 10. The van der Waals surface area contributed by atoms with Crippen LogP contribution in [-0.4, -0.2) is 155 Å². The van der Waals surface area contributed by atoms with Crippen molar-refractivity contribution in [1.29, 1.82) is 0 Å². The van der Waals surface area contributed by atoms with Crippen molar-refractivity contribution < 1.29 is 53.1 Å². The Morgan fingerprint density at radius 2 is 1.03 bits per heavy atom. The Morgan fingerprint density at radius 1 is 0.512 bits per heavy atom. The van der Waals surface area contributed by atoms with Crippen LogP contribution in [0.1, 0.15) is 244 Å². The van der Waals surface area contributed by atoms with Crippen LogP contribution < -0.4 is 53.2 Å². The molecule has 10 amide bonds. The molecule has 0 aromatic rings. The van der Waals surface area contributed by atoms with E-state index in [9.17, 15) is 47.9 Å². The maximum absolute atomic E-state index is 14.5. The minimum atomic E-state index is -1.63. The highest BCUT2D eigenvalue weighted by Crippen LogP contribution is 2.29. The highest BCUT2D eigenvalue weighted by atomic mass is 16.3. The average Bonchev–Trinajstić information content (AvgIpc) is 2.98. The minimum Gasteiger partial charge on any atom is -0.395 e. The Labute approximate surface area is 515 Å². The van der Waals surface area contributed by atoms with Gasteiger partial charge in [0.2, 0.25) is 59.1 Å². The van der Waals surface area contributed by atoms with E-state index in [4.69, 9.17) is 5.11 Å². The number of carbonyl (C=O) groups excluding carboxylic acids is 10. The predicted molar refractivity (Wildman–Crippen MR) is 336 cm³/mol. The topological polar surface area (TPSA) is 314 Å². The van der Waals surface area contributed by atoms with Crippen molar-refractivity contribution in [3.63, 3.8) is 0 Å². The van der Waals surface area contributed by atoms with Crippen molar-refractivity contribution in [1.82, 2.24) is 58.1 Å². The molecular weight excluding hydrogens is 1100 g/mol. The number of rotatable bonds is 42. The third-order valence-electron chi connectivity index (χ3n) is 16.2. The average molecular weight is 1220 g/mol. The Balaban J connectivity index is 2.26. The molecule has 2 fully saturated rings. The lowest BCUT2D eigenvalue weighted by Crippen LogP contribution is -2.66. The second kappa shape index (κ2) is 39.5. The molecule has 1 heterocycles. The zero-order valence-corrected chi connectivity index (χ0v) is 55.2. The van der Waals surface area contributed by atoms with Crippen LogP contribution in [-0.2, 0) is 47.9 Å². The lowest BCUT2D eigenvalue weighted by molar-refractivity contribution is -0.141. The third kappa shape index (κ3) is 29.1. The number of likely N-dealkylation sites (tertiary alicyclic amines) is 1. The van der Waals surface area contributed by atoms with E-state index in [2.05, 4.69) is 67.0 Å². The first kappa shape index (κ1) is 76.7. The molecule has 494 valence electrons. The van der Waals surface area contributed by atoms with Gasteiger partial charge in [0.15, 0.2) is 0 Å². The fraction of sp³-hybridized carbons (Fsp3) is 0.844. The van der Waals surface area contributed by atoms with Crippen LogP contribution in [0.15, 0.2) is 0 Å². The van der Waals surface area contributed by atoms with Gasteiger partial charge in [0.1, 0.15) is 46.8 Å². The van der Waals surface area contributed by atoms with E-state index in [1.165, 1.54) is 41.5 Å². The number of nitrogens with zero attached hydrogens (tertiary/aromatic N) is 1. The lowest BCUT2D eigenvalue weighted by atomic mass is 9.84. The van der Waals surface area contributed by atoms with Crippen LogP contribution in [0.4, 0.5) is 0 Å². The van der Waals surface area contributed by atoms with E-state index < -0.39 is 88.2 Å². The molecule has 2 rings (SSSR count). The second-order valence-corrected chi connectivity index (χ2v) is 26.9. The molecule has 1 saturated heterocycles. The minimum absolute atomic E-state index is 0.00328. The van der Waals surface area contributed by atoms with Gasteiger partial charge in [-0.15, -0.1) is 0 Å². The molecule has 2 aliphatic rings. The van der Waals surface area contributed by atoms with Gasteiger partial charge in [-0.1, -0.05) is 138 Å². The molecule has 1 aliphatic carbocycles. The van der Waals surface area contributed by atoms with Crippen molar-refractivity contribution in [2.24, 2.45) is 17.8 Å². The summed E-state index contributed by atoms with van der Waals surface area (Å²) in [5, 5.41) is 37.5. The Bertz CT molecular complexity index is 2150. The van der Waals surface area contributed by atoms with E-state index in [0.29, 0.717) is 51.7 Å². The van der Waals surface area contributed by atoms with Crippen LogP contribution in [0.5, 0.6) is 0 Å². The maximum Gasteiger partial charge on any atom is 0.246 e. The molecule has 0 bridgehead atoms. The highest BCUT2D eigenvalue weighted by molar-refractivity contribution is 6.00. The molecule has 86 heavy (non-hydrogen) atoms. The summed E-state index contributed by atoms with van der Waals surface area (Å²) in [5.41, 5.74) is -4.80. The molecule has 0 unspecified atom stereocenters. The highest BCUT2D eigenvalue weighted by Gasteiger charge is 2.42. The van der Waals surface area contributed by atoms with Crippen molar-refractivity contribution >= 4 is 59.1 Å². The zero-order chi connectivity index (χ0) is 64.6. The van der Waals surface area contributed by atoms with Gasteiger partial charge in [0.25, 0.3) is 0 Å². The van der Waals surface area contributed by atoms with E-state index in [1.54, 1.807) is 4.90 Å². The number of nitrogens with one attached hydrogen (secondary N) is 10. The molecule has 0 aromatic heterocycles. The lowest BCUT2D eigenvalue weighted by Gasteiger charge is -2.35. The fourth-order valence-electron chi connectivity index (χ4n) is 11.0. The number of aliphatic hydroxyl groups excluding tert-OH is 1. The van der Waals surface area contributed by atoms with E-state index >= 15 is 0 Å². The van der Waals surface area contributed by atoms with Gasteiger partial charge in [0.05, 0.1) is 6.61 Å². The standard InChI is InChI=1S/C64H117N11O11/c1-14-16-18-20-22-26-31-47(55(80)68-49(40-44(5)6)56(81)72-62(8,9)59(84)71-48(39-43(3)4)54(79)66-35-34-52(77)67-45(7)42-65-36-38-76)70-60(85)63(10,11)74-61(86)64(12,13)73-57(82)50(41-46-29-24-23-25-30-46)69-58(83)51-32-28-37-75(51)53(78)33-27-21-19-17-15-2/h43-51,65,76H,14-42H2,1-13H3,(H,66,79)(H,67,77)(H,68,80)(H,69,83)(H,70,85)(H,71,84)(H,72,81)(H,73,82)(H,74,86)/t45-,47-,48-,49-,50-,51-/m0/s1. The molecule has 0 radical (unpaired) electrons. The molecule has 11 N–H and O–H groups in total. The van der Waals surface area contributed by atoms with E-state index in [0.717, 1.165) is 96.3 Å². The number of hydrogen-bond donors (Lipinski definition) is 11. The summed E-state index contributed by atoms with van der Waals surface area (Å²) in [6, 6.07) is -5.17. The zero-order valence-electron chi connectivity index (χ0n) is 55.2. The van der Waals surface area contributed by atoms with Crippen molar-refractivity contribution in [3.8, 4) is 0 Å². The summed E-state index contributed by atoms with van der Waals surface area (Å²) in [5.74, 6) is -5.07. The van der Waals surface area contributed by atoms with E-state index in [1.807, 2.05) is 34.6 Å².